The number of alkyl carbamates (subject to hydrolysis) is 1. The zero-order valence-corrected chi connectivity index (χ0v) is 15.4. The Hall–Kier alpha value is -1.60. The highest BCUT2D eigenvalue weighted by molar-refractivity contribution is 7.89. The third kappa shape index (κ3) is 5.84. The lowest BCUT2D eigenvalue weighted by atomic mass is 10.2. The molecule has 0 aliphatic rings. The number of benzene rings is 1. The van der Waals surface area contributed by atoms with Gasteiger partial charge >= 0.3 is 6.09 Å². The number of nitrogens with one attached hydrogen (secondary N) is 1. The van der Waals surface area contributed by atoms with Crippen LogP contribution in [0.5, 0.6) is 0 Å². The maximum absolute atomic E-state index is 12.3. The monoisotopic (exact) mass is 342 g/mol. The molecular weight excluding hydrogens is 316 g/mol. The molecule has 0 saturated heterocycles. The van der Waals surface area contributed by atoms with E-state index in [-0.39, 0.29) is 17.5 Å². The van der Waals surface area contributed by atoms with Gasteiger partial charge < -0.3 is 10.1 Å². The van der Waals surface area contributed by atoms with E-state index in [1.54, 1.807) is 52.1 Å². The number of rotatable bonds is 5. The molecule has 0 atom stereocenters. The fourth-order valence-electron chi connectivity index (χ4n) is 1.71. The second-order valence-electron chi connectivity index (χ2n) is 6.61. The average molecular weight is 342 g/mol. The van der Waals surface area contributed by atoms with Crippen LogP contribution in [0.2, 0.25) is 0 Å². The predicted molar refractivity (Wildman–Crippen MR) is 89.6 cm³/mol. The molecule has 0 aromatic heterocycles. The SMILES string of the molecule is CC(C)N(C)S(=O)(=O)c1ccc(CNC(=O)OC(C)(C)C)cc1. The number of hydrogen-bond acceptors (Lipinski definition) is 4. The van der Waals surface area contributed by atoms with Crippen LogP contribution in [0.1, 0.15) is 40.2 Å². The van der Waals surface area contributed by atoms with E-state index in [2.05, 4.69) is 5.32 Å². The number of carbonyl (C=O) groups is 1. The number of nitrogens with zero attached hydrogens (tertiary/aromatic N) is 1. The number of carbonyl (C=O) groups excluding carboxylic acids is 1. The van der Waals surface area contributed by atoms with E-state index in [0.717, 1.165) is 5.56 Å². The lowest BCUT2D eigenvalue weighted by Crippen LogP contribution is -2.33. The average Bonchev–Trinajstić information content (AvgIpc) is 2.42. The summed E-state index contributed by atoms with van der Waals surface area (Å²) < 4.78 is 31.2. The summed E-state index contributed by atoms with van der Waals surface area (Å²) in [7, 11) is -1.94. The van der Waals surface area contributed by atoms with Crippen LogP contribution in [-0.2, 0) is 21.3 Å². The van der Waals surface area contributed by atoms with Crippen molar-refractivity contribution < 1.29 is 17.9 Å². The van der Waals surface area contributed by atoms with Crippen molar-refractivity contribution in [1.82, 2.24) is 9.62 Å². The van der Waals surface area contributed by atoms with Crippen molar-refractivity contribution in [3.05, 3.63) is 29.8 Å². The van der Waals surface area contributed by atoms with Crippen LogP contribution in [0.25, 0.3) is 0 Å². The first kappa shape index (κ1) is 19.4. The second kappa shape index (κ2) is 7.31. The van der Waals surface area contributed by atoms with Crippen molar-refractivity contribution in [1.29, 1.82) is 0 Å². The molecule has 0 aliphatic carbocycles. The molecule has 1 aromatic carbocycles. The molecule has 0 aliphatic heterocycles. The summed E-state index contributed by atoms with van der Waals surface area (Å²) in [5, 5.41) is 2.63. The van der Waals surface area contributed by atoms with E-state index in [0.29, 0.717) is 0 Å². The summed E-state index contributed by atoms with van der Waals surface area (Å²) in [6, 6.07) is 6.32. The molecule has 1 N–H and O–H groups in total. The van der Waals surface area contributed by atoms with Gasteiger partial charge in [-0.05, 0) is 52.3 Å². The van der Waals surface area contributed by atoms with E-state index in [1.165, 1.54) is 4.31 Å². The van der Waals surface area contributed by atoms with Crippen LogP contribution >= 0.6 is 0 Å². The van der Waals surface area contributed by atoms with E-state index in [9.17, 15) is 13.2 Å². The molecule has 0 spiro atoms. The largest absolute Gasteiger partial charge is 0.444 e. The molecule has 0 saturated carbocycles. The first-order valence-corrected chi connectivity index (χ1v) is 8.91. The Balaban J connectivity index is 2.73. The molecule has 0 bridgehead atoms. The first-order valence-electron chi connectivity index (χ1n) is 7.47. The Morgan fingerprint density at radius 1 is 1.22 bits per heavy atom. The normalized spacial score (nSPS) is 12.5. The van der Waals surface area contributed by atoms with Gasteiger partial charge in [0.2, 0.25) is 10.0 Å². The molecule has 0 radical (unpaired) electrons. The van der Waals surface area contributed by atoms with Gasteiger partial charge in [0.15, 0.2) is 0 Å². The Kier molecular flexibility index (Phi) is 6.18. The Bertz CT molecular complexity index is 631. The van der Waals surface area contributed by atoms with E-state index in [4.69, 9.17) is 4.74 Å². The van der Waals surface area contributed by atoms with E-state index < -0.39 is 21.7 Å². The van der Waals surface area contributed by atoms with E-state index >= 15 is 0 Å². The second-order valence-corrected chi connectivity index (χ2v) is 8.61. The third-order valence-corrected chi connectivity index (χ3v) is 5.21. The molecule has 0 fully saturated rings. The summed E-state index contributed by atoms with van der Waals surface area (Å²) >= 11 is 0. The zero-order chi connectivity index (χ0) is 17.8. The topological polar surface area (TPSA) is 75.7 Å². The maximum atomic E-state index is 12.3. The Morgan fingerprint density at radius 2 is 1.74 bits per heavy atom. The molecule has 6 nitrogen and oxygen atoms in total. The zero-order valence-electron chi connectivity index (χ0n) is 14.6. The van der Waals surface area contributed by atoms with Gasteiger partial charge in [0, 0.05) is 19.6 Å². The fraction of sp³-hybridized carbons (Fsp3) is 0.562. The van der Waals surface area contributed by atoms with Gasteiger partial charge in [0.25, 0.3) is 0 Å². The van der Waals surface area contributed by atoms with Crippen LogP contribution in [0, 0.1) is 0 Å². The molecule has 130 valence electrons. The van der Waals surface area contributed by atoms with Crippen LogP contribution < -0.4 is 5.32 Å². The van der Waals surface area contributed by atoms with Crippen molar-refractivity contribution in [2.45, 2.75) is 57.7 Å². The van der Waals surface area contributed by atoms with Crippen LogP contribution in [0.4, 0.5) is 4.79 Å². The molecule has 1 aromatic rings. The summed E-state index contributed by atoms with van der Waals surface area (Å²) in [5.41, 5.74) is 0.241. The van der Waals surface area contributed by atoms with Gasteiger partial charge in [-0.15, -0.1) is 0 Å². The lowest BCUT2D eigenvalue weighted by molar-refractivity contribution is 0.0523. The summed E-state index contributed by atoms with van der Waals surface area (Å²) in [6.07, 6.45) is -0.506. The highest BCUT2D eigenvalue weighted by Gasteiger charge is 2.22. The molecule has 0 heterocycles. The minimum absolute atomic E-state index is 0.117. The molecule has 7 heteroatoms. The van der Waals surface area contributed by atoms with Crippen LogP contribution in [0.15, 0.2) is 29.2 Å². The van der Waals surface area contributed by atoms with Crippen LogP contribution in [-0.4, -0.2) is 37.5 Å². The van der Waals surface area contributed by atoms with Crippen molar-refractivity contribution in [3.63, 3.8) is 0 Å². The first-order chi connectivity index (χ1) is 10.4. The molecular formula is C16H26N2O4S. The fourth-order valence-corrected chi connectivity index (χ4v) is 3.08. The minimum Gasteiger partial charge on any atom is -0.444 e. The summed E-state index contributed by atoms with van der Waals surface area (Å²) in [6.45, 7) is 9.27. The number of amides is 1. The van der Waals surface area contributed by atoms with Gasteiger partial charge in [-0.2, -0.15) is 4.31 Å². The lowest BCUT2D eigenvalue weighted by Gasteiger charge is -2.21. The van der Waals surface area contributed by atoms with Crippen molar-refractivity contribution in [2.24, 2.45) is 0 Å². The van der Waals surface area contributed by atoms with Gasteiger partial charge in [-0.3, -0.25) is 0 Å². The van der Waals surface area contributed by atoms with Crippen LogP contribution in [0.3, 0.4) is 0 Å². The highest BCUT2D eigenvalue weighted by Crippen LogP contribution is 2.17. The Labute approximate surface area is 138 Å². The van der Waals surface area contributed by atoms with Gasteiger partial charge in [-0.1, -0.05) is 12.1 Å². The number of ether oxygens (including phenoxy) is 1. The molecule has 1 amide bonds. The van der Waals surface area contributed by atoms with Gasteiger partial charge in [0.05, 0.1) is 4.90 Å². The standard InChI is InChI=1S/C16H26N2O4S/c1-12(2)18(6)23(20,21)14-9-7-13(8-10-14)11-17-15(19)22-16(3,4)5/h7-10,12H,11H2,1-6H3,(H,17,19). The Morgan fingerprint density at radius 3 is 2.17 bits per heavy atom. The van der Waals surface area contributed by atoms with Crippen molar-refractivity contribution in [3.8, 4) is 0 Å². The molecule has 0 unspecified atom stereocenters. The maximum Gasteiger partial charge on any atom is 0.407 e. The summed E-state index contributed by atoms with van der Waals surface area (Å²) in [4.78, 5) is 11.8. The van der Waals surface area contributed by atoms with Gasteiger partial charge in [-0.25, -0.2) is 13.2 Å². The highest BCUT2D eigenvalue weighted by atomic mass is 32.2. The molecule has 1 rings (SSSR count). The van der Waals surface area contributed by atoms with Gasteiger partial charge in [0.1, 0.15) is 5.60 Å². The third-order valence-electron chi connectivity index (χ3n) is 3.16. The van der Waals surface area contributed by atoms with E-state index in [1.807, 2.05) is 13.8 Å². The van der Waals surface area contributed by atoms with Crippen molar-refractivity contribution in [2.75, 3.05) is 7.05 Å². The van der Waals surface area contributed by atoms with Crippen molar-refractivity contribution >= 4 is 16.1 Å². The smallest absolute Gasteiger partial charge is 0.407 e. The quantitative estimate of drug-likeness (QED) is 0.893. The predicted octanol–water partition coefficient (Wildman–Crippen LogP) is 2.74. The summed E-state index contributed by atoms with van der Waals surface area (Å²) in [5.74, 6) is 0. The minimum atomic E-state index is -3.49. The number of hydrogen-bond donors (Lipinski definition) is 1. The number of sulfonamides is 1. The molecule has 23 heavy (non-hydrogen) atoms.